The van der Waals surface area contributed by atoms with Crippen LogP contribution in [0.5, 0.6) is 0 Å². The quantitative estimate of drug-likeness (QED) is 0.863. The average Bonchev–Trinajstić information content (AvgIpc) is 2.91. The zero-order valence-corrected chi connectivity index (χ0v) is 11.0. The Hall–Kier alpha value is -1.53. The number of benzene rings is 1. The third-order valence-corrected chi connectivity index (χ3v) is 3.46. The van der Waals surface area contributed by atoms with Crippen LogP contribution in [0.15, 0.2) is 24.3 Å². The molecule has 0 aliphatic carbocycles. The smallest absolute Gasteiger partial charge is 0.101 e. The van der Waals surface area contributed by atoms with E-state index in [-0.39, 0.29) is 0 Å². The highest BCUT2D eigenvalue weighted by molar-refractivity contribution is 5.59. The molecule has 1 aromatic carbocycles. The second kappa shape index (κ2) is 6.42. The summed E-state index contributed by atoms with van der Waals surface area (Å²) in [6, 6.07) is 10.8. The van der Waals surface area contributed by atoms with Crippen LogP contribution in [0, 0.1) is 11.3 Å². The number of hydrogen-bond donors (Lipinski definition) is 1. The van der Waals surface area contributed by atoms with Crippen molar-refractivity contribution in [1.82, 2.24) is 5.32 Å². The molecule has 0 aromatic heterocycles. The summed E-state index contributed by atoms with van der Waals surface area (Å²) in [6.45, 7) is 5.33. The largest absolute Gasteiger partial charge is 0.369 e. The molecule has 1 N–H and O–H groups in total. The maximum absolute atomic E-state index is 9.20. The minimum atomic E-state index is 0.572. The predicted octanol–water partition coefficient (Wildman–Crippen LogP) is 2.53. The first-order chi connectivity index (χ1) is 8.85. The summed E-state index contributed by atoms with van der Waals surface area (Å²) in [5.41, 5.74) is 1.86. The fourth-order valence-electron chi connectivity index (χ4n) is 2.60. The molecule has 0 bridgehead atoms. The predicted molar refractivity (Wildman–Crippen MR) is 74.7 cm³/mol. The Labute approximate surface area is 109 Å². The SMILES string of the molecule is CCCN(CC1CCCN1)c1ccccc1C#N. The monoisotopic (exact) mass is 243 g/mol. The molecule has 0 saturated carbocycles. The van der Waals surface area contributed by atoms with Crippen LogP contribution in [0.25, 0.3) is 0 Å². The summed E-state index contributed by atoms with van der Waals surface area (Å²) in [4.78, 5) is 2.35. The topological polar surface area (TPSA) is 39.1 Å². The van der Waals surface area contributed by atoms with E-state index < -0.39 is 0 Å². The van der Waals surface area contributed by atoms with Gasteiger partial charge in [-0.05, 0) is 37.9 Å². The van der Waals surface area contributed by atoms with Crippen molar-refractivity contribution in [3.8, 4) is 6.07 Å². The minimum absolute atomic E-state index is 0.572. The standard InChI is InChI=1S/C15H21N3/c1-2-10-18(12-14-7-5-9-17-14)15-8-4-3-6-13(15)11-16/h3-4,6,8,14,17H,2,5,7,9-10,12H2,1H3. The lowest BCUT2D eigenvalue weighted by Crippen LogP contribution is -2.38. The summed E-state index contributed by atoms with van der Waals surface area (Å²) in [5.74, 6) is 0. The van der Waals surface area contributed by atoms with Gasteiger partial charge < -0.3 is 10.2 Å². The molecule has 96 valence electrons. The molecule has 1 unspecified atom stereocenters. The average molecular weight is 243 g/mol. The number of para-hydroxylation sites is 1. The van der Waals surface area contributed by atoms with Crippen LogP contribution in [-0.4, -0.2) is 25.7 Å². The number of hydrogen-bond acceptors (Lipinski definition) is 3. The number of nitrogens with zero attached hydrogens (tertiary/aromatic N) is 2. The summed E-state index contributed by atoms with van der Waals surface area (Å²) in [6.07, 6.45) is 3.62. The van der Waals surface area contributed by atoms with E-state index >= 15 is 0 Å². The van der Waals surface area contributed by atoms with Crippen molar-refractivity contribution in [2.24, 2.45) is 0 Å². The van der Waals surface area contributed by atoms with E-state index in [4.69, 9.17) is 0 Å². The highest BCUT2D eigenvalue weighted by Gasteiger charge is 2.19. The molecule has 0 spiro atoms. The molecule has 2 rings (SSSR count). The van der Waals surface area contributed by atoms with Gasteiger partial charge in [0.05, 0.1) is 11.3 Å². The van der Waals surface area contributed by atoms with E-state index in [1.54, 1.807) is 0 Å². The fraction of sp³-hybridized carbons (Fsp3) is 0.533. The summed E-state index contributed by atoms with van der Waals surface area (Å²) in [7, 11) is 0. The van der Waals surface area contributed by atoms with Gasteiger partial charge in [0.15, 0.2) is 0 Å². The number of nitrogens with one attached hydrogen (secondary N) is 1. The molecule has 0 radical (unpaired) electrons. The van der Waals surface area contributed by atoms with Crippen LogP contribution in [0.4, 0.5) is 5.69 Å². The Balaban J connectivity index is 2.15. The van der Waals surface area contributed by atoms with Gasteiger partial charge in [-0.3, -0.25) is 0 Å². The van der Waals surface area contributed by atoms with Gasteiger partial charge in [-0.1, -0.05) is 19.1 Å². The maximum Gasteiger partial charge on any atom is 0.101 e. The first-order valence-electron chi connectivity index (χ1n) is 6.82. The second-order valence-corrected chi connectivity index (χ2v) is 4.87. The molecular formula is C15H21N3. The Morgan fingerprint density at radius 3 is 2.94 bits per heavy atom. The maximum atomic E-state index is 9.20. The van der Waals surface area contributed by atoms with E-state index in [0.29, 0.717) is 6.04 Å². The molecule has 3 heteroatoms. The van der Waals surface area contributed by atoms with Gasteiger partial charge >= 0.3 is 0 Å². The van der Waals surface area contributed by atoms with Crippen LogP contribution < -0.4 is 10.2 Å². The third kappa shape index (κ3) is 3.02. The molecule has 1 heterocycles. The summed E-state index contributed by atoms with van der Waals surface area (Å²) < 4.78 is 0. The lowest BCUT2D eigenvalue weighted by atomic mass is 10.1. The molecule has 1 fully saturated rings. The lowest BCUT2D eigenvalue weighted by molar-refractivity contribution is 0.578. The molecule has 18 heavy (non-hydrogen) atoms. The molecule has 1 aromatic rings. The van der Waals surface area contributed by atoms with Gasteiger partial charge in [-0.15, -0.1) is 0 Å². The Bertz CT molecular complexity index is 416. The molecule has 1 aliphatic heterocycles. The van der Waals surface area contributed by atoms with Gasteiger partial charge in [-0.25, -0.2) is 0 Å². The zero-order chi connectivity index (χ0) is 12.8. The van der Waals surface area contributed by atoms with E-state index in [9.17, 15) is 5.26 Å². The van der Waals surface area contributed by atoms with E-state index in [1.165, 1.54) is 12.8 Å². The van der Waals surface area contributed by atoms with E-state index in [2.05, 4.69) is 29.3 Å². The second-order valence-electron chi connectivity index (χ2n) is 4.87. The van der Waals surface area contributed by atoms with Crippen molar-refractivity contribution in [3.05, 3.63) is 29.8 Å². The van der Waals surface area contributed by atoms with Crippen LogP contribution >= 0.6 is 0 Å². The zero-order valence-electron chi connectivity index (χ0n) is 11.0. The summed E-state index contributed by atoms with van der Waals surface area (Å²) in [5, 5.41) is 12.7. The molecule has 1 aliphatic rings. The minimum Gasteiger partial charge on any atom is -0.369 e. The van der Waals surface area contributed by atoms with Crippen LogP contribution in [0.2, 0.25) is 0 Å². The number of rotatable bonds is 5. The molecular weight excluding hydrogens is 222 g/mol. The van der Waals surface area contributed by atoms with Crippen LogP contribution in [0.1, 0.15) is 31.7 Å². The third-order valence-electron chi connectivity index (χ3n) is 3.46. The first kappa shape index (κ1) is 12.9. The summed E-state index contributed by atoms with van der Waals surface area (Å²) >= 11 is 0. The number of nitriles is 1. The van der Waals surface area contributed by atoms with Crippen molar-refractivity contribution >= 4 is 5.69 Å². The normalized spacial score (nSPS) is 18.6. The lowest BCUT2D eigenvalue weighted by Gasteiger charge is -2.28. The van der Waals surface area contributed by atoms with Gasteiger partial charge in [-0.2, -0.15) is 5.26 Å². The Morgan fingerprint density at radius 1 is 1.44 bits per heavy atom. The highest BCUT2D eigenvalue weighted by atomic mass is 15.2. The molecule has 0 amide bonds. The fourth-order valence-corrected chi connectivity index (χ4v) is 2.60. The number of anilines is 1. The van der Waals surface area contributed by atoms with Gasteiger partial charge in [0.2, 0.25) is 0 Å². The Morgan fingerprint density at radius 2 is 2.28 bits per heavy atom. The van der Waals surface area contributed by atoms with Crippen molar-refractivity contribution in [3.63, 3.8) is 0 Å². The first-order valence-corrected chi connectivity index (χ1v) is 6.82. The van der Waals surface area contributed by atoms with Crippen molar-refractivity contribution in [2.45, 2.75) is 32.2 Å². The molecule has 1 saturated heterocycles. The molecule has 1 atom stereocenters. The van der Waals surface area contributed by atoms with Gasteiger partial charge in [0.1, 0.15) is 6.07 Å². The highest BCUT2D eigenvalue weighted by Crippen LogP contribution is 2.21. The van der Waals surface area contributed by atoms with Gasteiger partial charge in [0.25, 0.3) is 0 Å². The van der Waals surface area contributed by atoms with E-state index in [0.717, 1.165) is 37.3 Å². The van der Waals surface area contributed by atoms with Crippen LogP contribution in [-0.2, 0) is 0 Å². The van der Waals surface area contributed by atoms with Crippen molar-refractivity contribution in [1.29, 1.82) is 5.26 Å². The van der Waals surface area contributed by atoms with Crippen LogP contribution in [0.3, 0.4) is 0 Å². The van der Waals surface area contributed by atoms with Crippen molar-refractivity contribution < 1.29 is 0 Å². The van der Waals surface area contributed by atoms with Gasteiger partial charge in [0, 0.05) is 19.1 Å². The Kier molecular flexibility index (Phi) is 4.60. The van der Waals surface area contributed by atoms with E-state index in [1.807, 2.05) is 18.2 Å². The van der Waals surface area contributed by atoms with Crippen molar-refractivity contribution in [2.75, 3.05) is 24.5 Å². The molecule has 3 nitrogen and oxygen atoms in total.